The number of rotatable bonds is 3. The van der Waals surface area contributed by atoms with E-state index in [0.29, 0.717) is 25.2 Å². The van der Waals surface area contributed by atoms with E-state index in [4.69, 9.17) is 4.42 Å². The minimum absolute atomic E-state index is 0.0130. The molecule has 3 heterocycles. The first kappa shape index (κ1) is 16.6. The zero-order chi connectivity index (χ0) is 18.4. The van der Waals surface area contributed by atoms with Crippen molar-refractivity contribution in [1.29, 1.82) is 0 Å². The van der Waals surface area contributed by atoms with Gasteiger partial charge in [-0.1, -0.05) is 18.2 Å². The van der Waals surface area contributed by atoms with Crippen LogP contribution in [0, 0.1) is 12.8 Å². The predicted octanol–water partition coefficient (Wildman–Crippen LogP) is 1.16. The molecule has 2 aromatic rings. The van der Waals surface area contributed by atoms with Gasteiger partial charge in [0.1, 0.15) is 11.8 Å². The number of benzene rings is 1. The molecule has 1 aromatic carbocycles. The average Bonchev–Trinajstić information content (AvgIpc) is 3.18. The Labute approximate surface area is 150 Å². The van der Waals surface area contributed by atoms with Gasteiger partial charge in [0.25, 0.3) is 5.91 Å². The van der Waals surface area contributed by atoms with E-state index in [1.54, 1.807) is 16.8 Å². The van der Waals surface area contributed by atoms with Crippen LogP contribution in [-0.2, 0) is 9.59 Å². The molecule has 0 saturated carbocycles. The van der Waals surface area contributed by atoms with Crippen LogP contribution in [0.5, 0.6) is 0 Å². The molecule has 136 valence electrons. The van der Waals surface area contributed by atoms with Gasteiger partial charge in [-0.25, -0.2) is 0 Å². The fourth-order valence-electron chi connectivity index (χ4n) is 3.82. The molecule has 2 saturated heterocycles. The molecule has 1 aromatic heterocycles. The fourth-order valence-corrected chi connectivity index (χ4v) is 3.82. The highest BCUT2D eigenvalue weighted by Gasteiger charge is 2.43. The van der Waals surface area contributed by atoms with Gasteiger partial charge in [-0.2, -0.15) is 0 Å². The summed E-state index contributed by atoms with van der Waals surface area (Å²) >= 11 is 0. The number of nitrogens with zero attached hydrogens (tertiary/aromatic N) is 2. The number of nitrogens with one attached hydrogen (secondary N) is 1. The quantitative estimate of drug-likeness (QED) is 0.896. The van der Waals surface area contributed by atoms with E-state index in [1.807, 2.05) is 25.1 Å². The number of aryl methyl sites for hydroxylation is 1. The molecule has 4 rings (SSSR count). The highest BCUT2D eigenvalue weighted by Crippen LogP contribution is 2.29. The first-order valence-corrected chi connectivity index (χ1v) is 8.76. The third-order valence-corrected chi connectivity index (χ3v) is 5.39. The van der Waals surface area contributed by atoms with Crippen molar-refractivity contribution in [3.05, 3.63) is 35.6 Å². The van der Waals surface area contributed by atoms with E-state index >= 15 is 0 Å². The number of para-hydroxylation sites is 1. The maximum absolute atomic E-state index is 12.8. The Kier molecular flexibility index (Phi) is 3.94. The highest BCUT2D eigenvalue weighted by molar-refractivity contribution is 6.06. The first-order chi connectivity index (χ1) is 12.5. The Hall–Kier alpha value is -2.83. The van der Waals surface area contributed by atoms with E-state index in [9.17, 15) is 14.4 Å². The number of fused-ring (bicyclic) bond motifs is 1. The molecule has 7 nitrogen and oxygen atoms in total. The molecule has 1 atom stereocenters. The number of furan rings is 1. The summed E-state index contributed by atoms with van der Waals surface area (Å²) < 4.78 is 5.56. The molecule has 7 heteroatoms. The largest absolute Gasteiger partial charge is 0.463 e. The Morgan fingerprint density at radius 3 is 2.73 bits per heavy atom. The van der Waals surface area contributed by atoms with Crippen LogP contribution in [-0.4, -0.2) is 60.2 Å². The van der Waals surface area contributed by atoms with Gasteiger partial charge < -0.3 is 19.5 Å². The highest BCUT2D eigenvalue weighted by atomic mass is 16.3. The zero-order valence-corrected chi connectivity index (χ0v) is 14.8. The number of likely N-dealkylation sites (tertiary alicyclic amines) is 2. The van der Waals surface area contributed by atoms with Gasteiger partial charge >= 0.3 is 0 Å². The maximum atomic E-state index is 12.8. The SMILES string of the molecule is CNC(=O)C1CC(=O)N(C2CN(C(=O)c3coc4c(C)cccc34)C2)C1. The topological polar surface area (TPSA) is 82.9 Å². The van der Waals surface area contributed by atoms with Crippen molar-refractivity contribution in [3.8, 4) is 0 Å². The van der Waals surface area contributed by atoms with Crippen molar-refractivity contribution in [2.45, 2.75) is 19.4 Å². The number of amides is 3. The molecular weight excluding hydrogens is 334 g/mol. The molecule has 0 bridgehead atoms. The average molecular weight is 355 g/mol. The molecule has 2 aliphatic rings. The number of hydrogen-bond donors (Lipinski definition) is 1. The summed E-state index contributed by atoms with van der Waals surface area (Å²) in [5.74, 6) is -0.494. The van der Waals surface area contributed by atoms with Gasteiger partial charge in [-0.05, 0) is 12.5 Å². The molecule has 2 aliphatic heterocycles. The lowest BCUT2D eigenvalue weighted by Crippen LogP contribution is -2.61. The molecular formula is C19H21N3O4. The van der Waals surface area contributed by atoms with Gasteiger partial charge in [0, 0.05) is 38.5 Å². The van der Waals surface area contributed by atoms with Gasteiger partial charge in [-0.3, -0.25) is 14.4 Å². The summed E-state index contributed by atoms with van der Waals surface area (Å²) in [5, 5.41) is 3.41. The van der Waals surface area contributed by atoms with Crippen molar-refractivity contribution in [2.75, 3.05) is 26.7 Å². The normalized spacial score (nSPS) is 20.5. The third kappa shape index (κ3) is 2.55. The van der Waals surface area contributed by atoms with Crippen LogP contribution in [0.25, 0.3) is 11.0 Å². The first-order valence-electron chi connectivity index (χ1n) is 8.76. The van der Waals surface area contributed by atoms with Crippen LogP contribution in [0.3, 0.4) is 0 Å². The fraction of sp³-hybridized carbons (Fsp3) is 0.421. The van der Waals surface area contributed by atoms with E-state index in [1.165, 1.54) is 6.26 Å². The Bertz CT molecular complexity index is 897. The van der Waals surface area contributed by atoms with Crippen LogP contribution in [0.2, 0.25) is 0 Å². The smallest absolute Gasteiger partial charge is 0.257 e. The second-order valence-electron chi connectivity index (χ2n) is 7.03. The summed E-state index contributed by atoms with van der Waals surface area (Å²) in [6, 6.07) is 5.72. The predicted molar refractivity (Wildman–Crippen MR) is 94.5 cm³/mol. The molecule has 0 radical (unpaired) electrons. The van der Waals surface area contributed by atoms with Crippen molar-refractivity contribution < 1.29 is 18.8 Å². The maximum Gasteiger partial charge on any atom is 0.257 e. The van der Waals surface area contributed by atoms with E-state index < -0.39 is 0 Å². The lowest BCUT2D eigenvalue weighted by atomic mass is 10.0. The molecule has 26 heavy (non-hydrogen) atoms. The van der Waals surface area contributed by atoms with Gasteiger partial charge in [0.05, 0.1) is 17.5 Å². The van der Waals surface area contributed by atoms with Crippen LogP contribution in [0.1, 0.15) is 22.3 Å². The monoisotopic (exact) mass is 355 g/mol. The lowest BCUT2D eigenvalue weighted by molar-refractivity contribution is -0.132. The van der Waals surface area contributed by atoms with Crippen molar-refractivity contribution in [1.82, 2.24) is 15.1 Å². The van der Waals surface area contributed by atoms with Gasteiger partial charge in [0.15, 0.2) is 0 Å². The van der Waals surface area contributed by atoms with E-state index in [0.717, 1.165) is 16.5 Å². The van der Waals surface area contributed by atoms with Gasteiger partial charge in [0.2, 0.25) is 11.8 Å². The zero-order valence-electron chi connectivity index (χ0n) is 14.8. The molecule has 1 N–H and O–H groups in total. The van der Waals surface area contributed by atoms with Crippen LogP contribution >= 0.6 is 0 Å². The molecule has 1 unspecified atom stereocenters. The number of hydrogen-bond acceptors (Lipinski definition) is 4. The summed E-state index contributed by atoms with van der Waals surface area (Å²) in [5.41, 5.74) is 2.28. The number of carbonyl (C=O) groups is 3. The summed E-state index contributed by atoms with van der Waals surface area (Å²) in [4.78, 5) is 40.2. The Morgan fingerprint density at radius 1 is 1.23 bits per heavy atom. The van der Waals surface area contributed by atoms with E-state index in [2.05, 4.69) is 5.32 Å². The van der Waals surface area contributed by atoms with Crippen molar-refractivity contribution in [2.24, 2.45) is 5.92 Å². The van der Waals surface area contributed by atoms with Crippen LogP contribution in [0.4, 0.5) is 0 Å². The van der Waals surface area contributed by atoms with Gasteiger partial charge in [-0.15, -0.1) is 0 Å². The Balaban J connectivity index is 1.43. The molecule has 0 spiro atoms. The minimum Gasteiger partial charge on any atom is -0.463 e. The summed E-state index contributed by atoms with van der Waals surface area (Å²) in [6.45, 7) is 3.35. The lowest BCUT2D eigenvalue weighted by Gasteiger charge is -2.43. The van der Waals surface area contributed by atoms with E-state index in [-0.39, 0.29) is 36.1 Å². The second-order valence-corrected chi connectivity index (χ2v) is 7.03. The molecule has 0 aliphatic carbocycles. The second kappa shape index (κ2) is 6.16. The van der Waals surface area contributed by atoms with Crippen LogP contribution in [0.15, 0.2) is 28.9 Å². The van der Waals surface area contributed by atoms with Crippen molar-refractivity contribution in [3.63, 3.8) is 0 Å². The van der Waals surface area contributed by atoms with Crippen molar-refractivity contribution >= 4 is 28.7 Å². The molecule has 3 amide bonds. The van der Waals surface area contributed by atoms with Crippen LogP contribution < -0.4 is 5.32 Å². The summed E-state index contributed by atoms with van der Waals surface area (Å²) in [6.07, 6.45) is 1.76. The number of carbonyl (C=O) groups excluding carboxylic acids is 3. The third-order valence-electron chi connectivity index (χ3n) is 5.39. The Morgan fingerprint density at radius 2 is 2.00 bits per heavy atom. The standard InChI is InChI=1S/C19H21N3O4/c1-11-4-3-5-14-15(10-26-17(11)14)19(25)21-8-13(9-21)22-7-12(6-16(22)23)18(24)20-2/h3-5,10,12-13H,6-9H2,1-2H3,(H,20,24). The summed E-state index contributed by atoms with van der Waals surface area (Å²) in [7, 11) is 1.58. The minimum atomic E-state index is -0.293. The molecule has 2 fully saturated rings.